The van der Waals surface area contributed by atoms with Crippen molar-refractivity contribution in [3.8, 4) is 0 Å². The van der Waals surface area contributed by atoms with E-state index in [1.54, 1.807) is 0 Å². The molecule has 0 aliphatic carbocycles. The summed E-state index contributed by atoms with van der Waals surface area (Å²) in [4.78, 5) is 0. The molecule has 2 nitrogen and oxygen atoms in total. The minimum absolute atomic E-state index is 0.327. The SMILES string of the molecule is CCC(O)(c1ccccc1)C1CCOCC1. The fraction of sp³-hybridized carbons (Fsp3) is 0.571. The van der Waals surface area contributed by atoms with Crippen molar-refractivity contribution in [1.29, 1.82) is 0 Å². The molecular weight excluding hydrogens is 200 g/mol. The Balaban J connectivity index is 2.24. The molecule has 1 N–H and O–H groups in total. The molecular formula is C14H20O2. The van der Waals surface area contributed by atoms with Crippen LogP contribution in [-0.2, 0) is 10.3 Å². The van der Waals surface area contributed by atoms with E-state index in [0.29, 0.717) is 5.92 Å². The summed E-state index contributed by atoms with van der Waals surface area (Å²) < 4.78 is 5.36. The van der Waals surface area contributed by atoms with Gasteiger partial charge in [0, 0.05) is 13.2 Å². The van der Waals surface area contributed by atoms with E-state index in [1.807, 2.05) is 30.3 Å². The van der Waals surface area contributed by atoms with Crippen LogP contribution >= 0.6 is 0 Å². The number of hydrogen-bond acceptors (Lipinski definition) is 2. The van der Waals surface area contributed by atoms with Crippen LogP contribution in [0.4, 0.5) is 0 Å². The van der Waals surface area contributed by atoms with Gasteiger partial charge in [-0.1, -0.05) is 37.3 Å². The van der Waals surface area contributed by atoms with Crippen LogP contribution in [0.1, 0.15) is 31.7 Å². The summed E-state index contributed by atoms with van der Waals surface area (Å²) in [6.45, 7) is 3.61. The Bertz CT molecular complexity index is 317. The highest BCUT2D eigenvalue weighted by Crippen LogP contribution is 2.38. The van der Waals surface area contributed by atoms with E-state index >= 15 is 0 Å². The van der Waals surface area contributed by atoms with Gasteiger partial charge in [-0.15, -0.1) is 0 Å². The van der Waals surface area contributed by atoms with E-state index in [2.05, 4.69) is 6.92 Å². The summed E-state index contributed by atoms with van der Waals surface area (Å²) in [5.41, 5.74) is 0.370. The van der Waals surface area contributed by atoms with Gasteiger partial charge in [-0.25, -0.2) is 0 Å². The van der Waals surface area contributed by atoms with Gasteiger partial charge in [-0.3, -0.25) is 0 Å². The molecule has 0 radical (unpaired) electrons. The summed E-state index contributed by atoms with van der Waals surface area (Å²) in [6.07, 6.45) is 2.68. The highest BCUT2D eigenvalue weighted by atomic mass is 16.5. The molecule has 1 aliphatic heterocycles. The van der Waals surface area contributed by atoms with Crippen LogP contribution in [-0.4, -0.2) is 18.3 Å². The van der Waals surface area contributed by atoms with Gasteiger partial charge in [0.15, 0.2) is 0 Å². The molecule has 88 valence electrons. The Morgan fingerprint density at radius 2 is 1.88 bits per heavy atom. The Hall–Kier alpha value is -0.860. The predicted molar refractivity (Wildman–Crippen MR) is 64.2 cm³/mol. The highest BCUT2D eigenvalue weighted by Gasteiger charge is 2.37. The maximum absolute atomic E-state index is 10.9. The Kier molecular flexibility index (Phi) is 3.62. The second kappa shape index (κ2) is 4.98. The lowest BCUT2D eigenvalue weighted by Crippen LogP contribution is -2.38. The van der Waals surface area contributed by atoms with Gasteiger partial charge >= 0.3 is 0 Å². The lowest BCUT2D eigenvalue weighted by molar-refractivity contribution is -0.0731. The van der Waals surface area contributed by atoms with Crippen molar-refractivity contribution in [3.63, 3.8) is 0 Å². The van der Waals surface area contributed by atoms with Crippen molar-refractivity contribution in [2.24, 2.45) is 5.92 Å². The number of benzene rings is 1. The molecule has 0 spiro atoms. The summed E-state index contributed by atoms with van der Waals surface area (Å²) in [7, 11) is 0. The van der Waals surface area contributed by atoms with Gasteiger partial charge in [0.1, 0.15) is 0 Å². The van der Waals surface area contributed by atoms with E-state index in [4.69, 9.17) is 4.74 Å². The maximum atomic E-state index is 10.9. The van der Waals surface area contributed by atoms with Crippen LogP contribution in [0.15, 0.2) is 30.3 Å². The van der Waals surface area contributed by atoms with Crippen molar-refractivity contribution in [2.45, 2.75) is 31.8 Å². The predicted octanol–water partition coefficient (Wildman–Crippen LogP) is 2.71. The van der Waals surface area contributed by atoms with E-state index in [9.17, 15) is 5.11 Å². The average Bonchev–Trinajstić information content (AvgIpc) is 2.40. The molecule has 1 atom stereocenters. The average molecular weight is 220 g/mol. The zero-order chi connectivity index (χ0) is 11.4. The largest absolute Gasteiger partial charge is 0.385 e. The van der Waals surface area contributed by atoms with Crippen LogP contribution in [0.25, 0.3) is 0 Å². The molecule has 1 aromatic rings. The maximum Gasteiger partial charge on any atom is 0.0923 e. The molecule has 1 fully saturated rings. The number of aliphatic hydroxyl groups is 1. The van der Waals surface area contributed by atoms with E-state index in [-0.39, 0.29) is 0 Å². The molecule has 16 heavy (non-hydrogen) atoms. The molecule has 0 saturated carbocycles. The number of rotatable bonds is 3. The first kappa shape index (κ1) is 11.6. The van der Waals surface area contributed by atoms with Gasteiger partial charge < -0.3 is 9.84 Å². The Morgan fingerprint density at radius 1 is 1.25 bits per heavy atom. The third-order valence-electron chi connectivity index (χ3n) is 3.71. The van der Waals surface area contributed by atoms with Crippen LogP contribution < -0.4 is 0 Å². The molecule has 1 aromatic carbocycles. The fourth-order valence-electron chi connectivity index (χ4n) is 2.63. The summed E-state index contributed by atoms with van der Waals surface area (Å²) in [5, 5.41) is 10.9. The van der Waals surface area contributed by atoms with Gasteiger partial charge in [0.25, 0.3) is 0 Å². The monoisotopic (exact) mass is 220 g/mol. The second-order valence-corrected chi connectivity index (χ2v) is 4.53. The number of ether oxygens (including phenoxy) is 1. The van der Waals surface area contributed by atoms with Crippen molar-refractivity contribution < 1.29 is 9.84 Å². The number of hydrogen-bond donors (Lipinski definition) is 1. The molecule has 0 amide bonds. The summed E-state index contributed by atoms with van der Waals surface area (Å²) in [6, 6.07) is 10.0. The zero-order valence-electron chi connectivity index (χ0n) is 9.86. The first-order valence-electron chi connectivity index (χ1n) is 6.13. The van der Waals surface area contributed by atoms with E-state index in [0.717, 1.165) is 38.0 Å². The third kappa shape index (κ3) is 2.13. The molecule has 1 saturated heterocycles. The lowest BCUT2D eigenvalue weighted by atomic mass is 9.75. The summed E-state index contributed by atoms with van der Waals surface area (Å²) >= 11 is 0. The lowest BCUT2D eigenvalue weighted by Gasteiger charge is -2.38. The van der Waals surface area contributed by atoms with E-state index in [1.165, 1.54) is 0 Å². The molecule has 1 unspecified atom stereocenters. The minimum Gasteiger partial charge on any atom is -0.385 e. The summed E-state index contributed by atoms with van der Waals surface area (Å²) in [5.74, 6) is 0.327. The van der Waals surface area contributed by atoms with Crippen molar-refractivity contribution in [3.05, 3.63) is 35.9 Å². The first-order valence-corrected chi connectivity index (χ1v) is 6.13. The molecule has 1 aliphatic rings. The molecule has 1 heterocycles. The first-order chi connectivity index (χ1) is 7.77. The van der Waals surface area contributed by atoms with Crippen LogP contribution in [0, 0.1) is 5.92 Å². The minimum atomic E-state index is -0.676. The van der Waals surface area contributed by atoms with Gasteiger partial charge in [-0.2, -0.15) is 0 Å². The van der Waals surface area contributed by atoms with Gasteiger partial charge in [-0.05, 0) is 30.7 Å². The van der Waals surface area contributed by atoms with Crippen LogP contribution in [0.5, 0.6) is 0 Å². The third-order valence-corrected chi connectivity index (χ3v) is 3.71. The van der Waals surface area contributed by atoms with E-state index < -0.39 is 5.60 Å². The van der Waals surface area contributed by atoms with Gasteiger partial charge in [0.2, 0.25) is 0 Å². The topological polar surface area (TPSA) is 29.5 Å². The second-order valence-electron chi connectivity index (χ2n) is 4.53. The van der Waals surface area contributed by atoms with Crippen molar-refractivity contribution in [2.75, 3.05) is 13.2 Å². The van der Waals surface area contributed by atoms with Crippen molar-refractivity contribution in [1.82, 2.24) is 0 Å². The standard InChI is InChI=1S/C14H20O2/c1-2-14(15,12-6-4-3-5-7-12)13-8-10-16-11-9-13/h3-7,13,15H,2,8-11H2,1H3. The zero-order valence-corrected chi connectivity index (χ0v) is 9.86. The van der Waals surface area contributed by atoms with Gasteiger partial charge in [0.05, 0.1) is 5.60 Å². The van der Waals surface area contributed by atoms with Crippen LogP contribution in [0.2, 0.25) is 0 Å². The van der Waals surface area contributed by atoms with Crippen LogP contribution in [0.3, 0.4) is 0 Å². The molecule has 2 heteroatoms. The Morgan fingerprint density at radius 3 is 2.44 bits per heavy atom. The Labute approximate surface area is 97.3 Å². The van der Waals surface area contributed by atoms with Crippen molar-refractivity contribution >= 4 is 0 Å². The highest BCUT2D eigenvalue weighted by molar-refractivity contribution is 5.23. The normalized spacial score (nSPS) is 21.6. The fourth-order valence-corrected chi connectivity index (χ4v) is 2.63. The molecule has 0 aromatic heterocycles. The quantitative estimate of drug-likeness (QED) is 0.848. The smallest absolute Gasteiger partial charge is 0.0923 e. The molecule has 0 bridgehead atoms. The molecule has 2 rings (SSSR count).